The Labute approximate surface area is 149 Å². The Kier molecular flexibility index (Phi) is 6.44. The highest BCUT2D eigenvalue weighted by molar-refractivity contribution is 5.96. The maximum absolute atomic E-state index is 11.9. The zero-order valence-corrected chi connectivity index (χ0v) is 13.9. The average molecular weight is 356 g/mol. The number of hydrazine groups is 1. The zero-order valence-electron chi connectivity index (χ0n) is 13.9. The minimum atomic E-state index is -0.744. The molecule has 0 aromatic heterocycles. The lowest BCUT2D eigenvalue weighted by molar-refractivity contribution is -0.125. The minimum Gasteiger partial charge on any atom is -0.465 e. The number of ether oxygens (including phenoxy) is 2. The van der Waals surface area contributed by atoms with Gasteiger partial charge in [0.05, 0.1) is 18.2 Å². The summed E-state index contributed by atoms with van der Waals surface area (Å²) in [6, 6.07) is 13.9. The molecule has 0 aliphatic rings. The molecular formula is C18H16N2O6. The second kappa shape index (κ2) is 8.97. The van der Waals surface area contributed by atoms with Crippen LogP contribution in [0.3, 0.4) is 0 Å². The fourth-order valence-electron chi connectivity index (χ4n) is 1.90. The summed E-state index contributed by atoms with van der Waals surface area (Å²) in [5.74, 6) is -2.47. The third-order valence-electron chi connectivity index (χ3n) is 3.23. The van der Waals surface area contributed by atoms with E-state index in [4.69, 9.17) is 4.74 Å². The van der Waals surface area contributed by atoms with Crippen molar-refractivity contribution in [2.45, 2.75) is 0 Å². The van der Waals surface area contributed by atoms with Crippen LogP contribution in [-0.4, -0.2) is 37.5 Å². The molecule has 0 fully saturated rings. The van der Waals surface area contributed by atoms with Gasteiger partial charge >= 0.3 is 11.9 Å². The first-order valence-corrected chi connectivity index (χ1v) is 7.51. The first kappa shape index (κ1) is 18.7. The van der Waals surface area contributed by atoms with E-state index in [0.717, 1.165) is 0 Å². The van der Waals surface area contributed by atoms with Gasteiger partial charge in [0.25, 0.3) is 11.8 Å². The molecule has 0 radical (unpaired) electrons. The standard InChI is InChI=1S/C18H16N2O6/c1-25-17(23)13-7-9-14(10-8-13)18(24)26-11-15(21)19-20-16(22)12-5-3-2-4-6-12/h2-10H,11H2,1H3,(H,19,21)(H,20,22). The van der Waals surface area contributed by atoms with Gasteiger partial charge in [-0.15, -0.1) is 0 Å². The van der Waals surface area contributed by atoms with E-state index in [2.05, 4.69) is 15.6 Å². The van der Waals surface area contributed by atoms with E-state index in [1.54, 1.807) is 30.3 Å². The van der Waals surface area contributed by atoms with E-state index in [1.807, 2.05) is 0 Å². The van der Waals surface area contributed by atoms with Crippen LogP contribution in [0.4, 0.5) is 0 Å². The summed E-state index contributed by atoms with van der Waals surface area (Å²) in [6.45, 7) is -0.577. The molecular weight excluding hydrogens is 340 g/mol. The summed E-state index contributed by atoms with van der Waals surface area (Å²) in [7, 11) is 1.25. The second-order valence-corrected chi connectivity index (χ2v) is 5.01. The lowest BCUT2D eigenvalue weighted by Gasteiger charge is -2.08. The molecule has 26 heavy (non-hydrogen) atoms. The van der Waals surface area contributed by atoms with Crippen molar-refractivity contribution in [3.8, 4) is 0 Å². The molecule has 0 saturated carbocycles. The van der Waals surface area contributed by atoms with Crippen molar-refractivity contribution < 1.29 is 28.7 Å². The van der Waals surface area contributed by atoms with Gasteiger partial charge < -0.3 is 9.47 Å². The van der Waals surface area contributed by atoms with E-state index in [-0.39, 0.29) is 11.1 Å². The van der Waals surface area contributed by atoms with Gasteiger partial charge in [0, 0.05) is 5.56 Å². The van der Waals surface area contributed by atoms with E-state index in [1.165, 1.54) is 31.4 Å². The number of methoxy groups -OCH3 is 1. The molecule has 8 heteroatoms. The summed E-state index contributed by atoms with van der Waals surface area (Å²) in [5.41, 5.74) is 5.17. The summed E-state index contributed by atoms with van der Waals surface area (Å²) in [6.07, 6.45) is 0. The lowest BCUT2D eigenvalue weighted by Crippen LogP contribution is -2.43. The molecule has 8 nitrogen and oxygen atoms in total. The molecule has 0 aliphatic heterocycles. The number of carbonyl (C=O) groups is 4. The van der Waals surface area contributed by atoms with Crippen LogP contribution >= 0.6 is 0 Å². The Balaban J connectivity index is 1.78. The number of carbonyl (C=O) groups excluding carboxylic acids is 4. The number of rotatable bonds is 5. The minimum absolute atomic E-state index is 0.166. The molecule has 2 N–H and O–H groups in total. The van der Waals surface area contributed by atoms with Crippen LogP contribution in [0, 0.1) is 0 Å². The molecule has 0 heterocycles. The van der Waals surface area contributed by atoms with Crippen LogP contribution in [0.2, 0.25) is 0 Å². The first-order chi connectivity index (χ1) is 12.5. The predicted molar refractivity (Wildman–Crippen MR) is 90.1 cm³/mol. The summed E-state index contributed by atoms with van der Waals surface area (Å²) >= 11 is 0. The Hall–Kier alpha value is -3.68. The van der Waals surface area contributed by atoms with Crippen LogP contribution in [0.5, 0.6) is 0 Å². The number of hydrogen-bond donors (Lipinski definition) is 2. The highest BCUT2D eigenvalue weighted by Gasteiger charge is 2.13. The maximum atomic E-state index is 11.9. The van der Waals surface area contributed by atoms with Crippen molar-refractivity contribution in [3.05, 3.63) is 71.3 Å². The summed E-state index contributed by atoms with van der Waals surface area (Å²) in [5, 5.41) is 0. The maximum Gasteiger partial charge on any atom is 0.338 e. The van der Waals surface area contributed by atoms with Crippen LogP contribution in [0.15, 0.2) is 54.6 Å². The van der Waals surface area contributed by atoms with Gasteiger partial charge in [0.1, 0.15) is 0 Å². The number of benzene rings is 2. The van der Waals surface area contributed by atoms with Gasteiger partial charge in [-0.25, -0.2) is 9.59 Å². The molecule has 0 aliphatic carbocycles. The fourth-order valence-corrected chi connectivity index (χ4v) is 1.90. The normalized spacial score (nSPS) is 9.73. The number of esters is 2. The van der Waals surface area contributed by atoms with Crippen molar-refractivity contribution >= 4 is 23.8 Å². The van der Waals surface area contributed by atoms with Crippen molar-refractivity contribution in [1.29, 1.82) is 0 Å². The van der Waals surface area contributed by atoms with Gasteiger partial charge in [-0.2, -0.15) is 0 Å². The topological polar surface area (TPSA) is 111 Å². The van der Waals surface area contributed by atoms with Crippen molar-refractivity contribution in [3.63, 3.8) is 0 Å². The average Bonchev–Trinajstić information content (AvgIpc) is 2.70. The Morgan fingerprint density at radius 3 is 1.92 bits per heavy atom. The van der Waals surface area contributed by atoms with Gasteiger partial charge in [0.2, 0.25) is 0 Å². The highest BCUT2D eigenvalue weighted by atomic mass is 16.5. The molecule has 0 atom stereocenters. The summed E-state index contributed by atoms with van der Waals surface area (Å²) in [4.78, 5) is 46.5. The molecule has 0 spiro atoms. The largest absolute Gasteiger partial charge is 0.465 e. The van der Waals surface area contributed by atoms with Gasteiger partial charge in [-0.05, 0) is 36.4 Å². The van der Waals surface area contributed by atoms with E-state index in [0.29, 0.717) is 5.56 Å². The molecule has 0 unspecified atom stereocenters. The number of amides is 2. The third kappa shape index (κ3) is 5.17. The molecule has 2 aromatic carbocycles. The van der Waals surface area contributed by atoms with Crippen LogP contribution < -0.4 is 10.9 Å². The smallest absolute Gasteiger partial charge is 0.338 e. The molecule has 0 saturated heterocycles. The van der Waals surface area contributed by atoms with Crippen LogP contribution in [0.1, 0.15) is 31.1 Å². The monoisotopic (exact) mass is 356 g/mol. The first-order valence-electron chi connectivity index (χ1n) is 7.51. The molecule has 2 amide bonds. The number of hydrogen-bond acceptors (Lipinski definition) is 6. The Morgan fingerprint density at radius 2 is 1.35 bits per heavy atom. The molecule has 2 rings (SSSR count). The van der Waals surface area contributed by atoms with Gasteiger partial charge in [0.15, 0.2) is 6.61 Å². The molecule has 2 aromatic rings. The van der Waals surface area contributed by atoms with Gasteiger partial charge in [-0.3, -0.25) is 20.4 Å². The Morgan fingerprint density at radius 1 is 0.769 bits per heavy atom. The molecule has 134 valence electrons. The third-order valence-corrected chi connectivity index (χ3v) is 3.23. The van der Waals surface area contributed by atoms with Crippen molar-refractivity contribution in [1.82, 2.24) is 10.9 Å². The van der Waals surface area contributed by atoms with Gasteiger partial charge in [-0.1, -0.05) is 18.2 Å². The van der Waals surface area contributed by atoms with E-state index < -0.39 is 30.4 Å². The second-order valence-electron chi connectivity index (χ2n) is 5.01. The van der Waals surface area contributed by atoms with Crippen molar-refractivity contribution in [2.24, 2.45) is 0 Å². The summed E-state index contributed by atoms with van der Waals surface area (Å²) < 4.78 is 9.39. The predicted octanol–water partition coefficient (Wildman–Crippen LogP) is 1.09. The quantitative estimate of drug-likeness (QED) is 0.613. The number of nitrogens with one attached hydrogen (secondary N) is 2. The van der Waals surface area contributed by atoms with E-state index >= 15 is 0 Å². The Bertz CT molecular complexity index is 802. The SMILES string of the molecule is COC(=O)c1ccc(C(=O)OCC(=O)NNC(=O)c2ccccc2)cc1. The van der Waals surface area contributed by atoms with E-state index in [9.17, 15) is 19.2 Å². The highest BCUT2D eigenvalue weighted by Crippen LogP contribution is 2.07. The molecule has 0 bridgehead atoms. The van der Waals surface area contributed by atoms with Crippen LogP contribution in [0.25, 0.3) is 0 Å². The zero-order chi connectivity index (χ0) is 18.9. The lowest BCUT2D eigenvalue weighted by atomic mass is 10.1. The van der Waals surface area contributed by atoms with Crippen LogP contribution in [-0.2, 0) is 14.3 Å². The fraction of sp³-hybridized carbons (Fsp3) is 0.111. The van der Waals surface area contributed by atoms with Crippen molar-refractivity contribution in [2.75, 3.05) is 13.7 Å².